The van der Waals surface area contributed by atoms with Crippen LogP contribution in [0.25, 0.3) is 12.2 Å². The average molecular weight is 357 g/mol. The Hall–Kier alpha value is -1.40. The topological polar surface area (TPSA) is 46.2 Å². The Morgan fingerprint density at radius 2 is 2.10 bits per heavy atom. The predicted molar refractivity (Wildman–Crippen MR) is 76.3 cm³/mol. The summed E-state index contributed by atoms with van der Waals surface area (Å²) in [6, 6.07) is 5.16. The highest BCUT2D eigenvalue weighted by Gasteiger charge is 2.12. The molecule has 2 aromatic rings. The summed E-state index contributed by atoms with van der Waals surface area (Å²) in [5.41, 5.74) is 0.894. The van der Waals surface area contributed by atoms with E-state index in [-0.39, 0.29) is 22.7 Å². The zero-order chi connectivity index (χ0) is 13.8. The minimum absolute atomic E-state index is 0. The molecule has 0 bridgehead atoms. The van der Waals surface area contributed by atoms with E-state index in [1.165, 1.54) is 0 Å². The van der Waals surface area contributed by atoms with E-state index in [9.17, 15) is 5.11 Å². The van der Waals surface area contributed by atoms with Gasteiger partial charge < -0.3 is 26.8 Å². The Morgan fingerprint density at radius 3 is 2.75 bits per heavy atom. The second-order valence-electron chi connectivity index (χ2n) is 4.07. The van der Waals surface area contributed by atoms with Crippen LogP contribution in [0.5, 0.6) is 11.5 Å². The Balaban J connectivity index is 0.00000200. The summed E-state index contributed by atoms with van der Waals surface area (Å²) in [6.45, 7) is 4.90. The monoisotopic (exact) mass is 356 g/mol. The largest absolute Gasteiger partial charge is 1.00 e. The molecular formula is C14H17BrN2O2S. The van der Waals surface area contributed by atoms with Crippen LogP contribution < -0.4 is 26.4 Å². The van der Waals surface area contributed by atoms with Crippen molar-refractivity contribution in [2.24, 2.45) is 0 Å². The third kappa shape index (κ3) is 4.05. The number of phenolic OH excluding ortho intramolecular Hbond substituents is 1. The van der Waals surface area contributed by atoms with Gasteiger partial charge in [0.2, 0.25) is 0 Å². The molecular weight excluding hydrogens is 340 g/mol. The number of ether oxygens (including phenoxy) is 1. The molecule has 6 heteroatoms. The van der Waals surface area contributed by atoms with Crippen LogP contribution in [-0.2, 0) is 6.54 Å². The van der Waals surface area contributed by atoms with Crippen molar-refractivity contribution in [1.82, 2.24) is 5.10 Å². The van der Waals surface area contributed by atoms with Crippen molar-refractivity contribution < 1.29 is 31.5 Å². The highest BCUT2D eigenvalue weighted by molar-refractivity contribution is 7.11. The fourth-order valence-corrected chi connectivity index (χ4v) is 2.63. The minimum Gasteiger partial charge on any atom is -1.00 e. The highest BCUT2D eigenvalue weighted by Crippen LogP contribution is 2.23. The fraction of sp³-hybridized carbons (Fsp3) is 0.286. The number of rotatable bonds is 4. The van der Waals surface area contributed by atoms with Crippen LogP contribution in [0.4, 0.5) is 0 Å². The minimum atomic E-state index is 0. The van der Waals surface area contributed by atoms with Crippen LogP contribution in [0, 0.1) is 6.92 Å². The van der Waals surface area contributed by atoms with E-state index in [2.05, 4.69) is 12.0 Å². The predicted octanol–water partition coefficient (Wildman–Crippen LogP) is -0.352. The molecule has 0 saturated carbocycles. The number of hydrogen-bond acceptors (Lipinski definition) is 4. The van der Waals surface area contributed by atoms with Gasteiger partial charge in [-0.05, 0) is 49.0 Å². The third-order valence-corrected chi connectivity index (χ3v) is 3.57. The fourth-order valence-electron chi connectivity index (χ4n) is 1.78. The van der Waals surface area contributed by atoms with Gasteiger partial charge in [-0.15, -0.1) is 0 Å². The molecule has 1 heterocycles. The first-order valence-corrected chi connectivity index (χ1v) is 6.87. The number of phenols is 1. The molecule has 108 valence electrons. The standard InChI is InChI=1S/C14H16N2O2S.BrH/c1-4-16-14(19-10(2)15-16)6-5-11-7-12(17)9-13(8-11)18-3;/h5-9H,4H2,1-3H3;1H. The van der Waals surface area contributed by atoms with Gasteiger partial charge in [0.05, 0.1) is 7.11 Å². The summed E-state index contributed by atoms with van der Waals surface area (Å²) < 4.78 is 7.08. The highest BCUT2D eigenvalue weighted by atomic mass is 79.9. The Bertz CT molecular complexity index is 611. The number of aryl methyl sites for hydroxylation is 2. The van der Waals surface area contributed by atoms with Crippen molar-refractivity contribution in [3.63, 3.8) is 0 Å². The van der Waals surface area contributed by atoms with E-state index in [0.717, 1.165) is 22.1 Å². The van der Waals surface area contributed by atoms with Gasteiger partial charge in [0.25, 0.3) is 5.01 Å². The molecule has 1 aromatic heterocycles. The normalized spacial score (nSPS) is 10.6. The molecule has 1 aromatic carbocycles. The molecule has 4 nitrogen and oxygen atoms in total. The van der Waals surface area contributed by atoms with E-state index in [1.54, 1.807) is 30.6 Å². The van der Waals surface area contributed by atoms with Gasteiger partial charge in [-0.25, -0.2) is 0 Å². The number of hydrogen-bond donors (Lipinski definition) is 1. The van der Waals surface area contributed by atoms with Gasteiger partial charge in [-0.3, -0.25) is 0 Å². The molecule has 0 spiro atoms. The summed E-state index contributed by atoms with van der Waals surface area (Å²) in [7, 11) is 1.58. The Morgan fingerprint density at radius 1 is 1.35 bits per heavy atom. The van der Waals surface area contributed by atoms with Gasteiger partial charge in [0.1, 0.15) is 11.5 Å². The van der Waals surface area contributed by atoms with Gasteiger partial charge >= 0.3 is 0 Å². The lowest BCUT2D eigenvalue weighted by molar-refractivity contribution is -0.747. The summed E-state index contributed by atoms with van der Waals surface area (Å²) in [5, 5.41) is 16.1. The van der Waals surface area contributed by atoms with Crippen molar-refractivity contribution in [1.29, 1.82) is 0 Å². The van der Waals surface area contributed by atoms with Crippen molar-refractivity contribution in [2.75, 3.05) is 7.11 Å². The van der Waals surface area contributed by atoms with Crippen LogP contribution in [0.2, 0.25) is 0 Å². The number of benzene rings is 1. The maximum Gasteiger partial charge on any atom is 0.289 e. The van der Waals surface area contributed by atoms with Crippen LogP contribution in [0.3, 0.4) is 0 Å². The quantitative estimate of drug-likeness (QED) is 0.761. The summed E-state index contributed by atoms with van der Waals surface area (Å²) in [5.74, 6) is 0.839. The second-order valence-corrected chi connectivity index (χ2v) is 5.29. The molecule has 2 rings (SSSR count). The lowest BCUT2D eigenvalue weighted by atomic mass is 10.2. The molecule has 0 aliphatic rings. The molecule has 0 unspecified atom stereocenters. The maximum absolute atomic E-state index is 9.60. The summed E-state index contributed by atoms with van der Waals surface area (Å²) >= 11 is 1.64. The number of aromatic nitrogens is 2. The molecule has 0 aliphatic carbocycles. The first-order valence-electron chi connectivity index (χ1n) is 6.06. The molecule has 20 heavy (non-hydrogen) atoms. The molecule has 0 aliphatic heterocycles. The molecule has 0 amide bonds. The number of aromatic hydroxyl groups is 1. The first kappa shape index (κ1) is 16.7. The third-order valence-electron chi connectivity index (χ3n) is 2.64. The Labute approximate surface area is 133 Å². The zero-order valence-electron chi connectivity index (χ0n) is 11.6. The number of methoxy groups -OCH3 is 1. The number of nitrogens with zero attached hydrogens (tertiary/aromatic N) is 2. The van der Waals surface area contributed by atoms with Crippen molar-refractivity contribution in [3.05, 3.63) is 33.8 Å². The average Bonchev–Trinajstić information content (AvgIpc) is 2.76. The Kier molecular flexibility index (Phi) is 6.16. The lowest BCUT2D eigenvalue weighted by Crippen LogP contribution is -3.00. The van der Waals surface area contributed by atoms with Gasteiger partial charge in [0, 0.05) is 17.2 Å². The molecule has 0 fully saturated rings. The lowest BCUT2D eigenvalue weighted by Gasteiger charge is -2.01. The molecule has 0 radical (unpaired) electrons. The van der Waals surface area contributed by atoms with Crippen LogP contribution in [0.15, 0.2) is 18.2 Å². The second kappa shape index (κ2) is 7.40. The number of halogens is 1. The molecule has 1 N–H and O–H groups in total. The van der Waals surface area contributed by atoms with E-state index >= 15 is 0 Å². The van der Waals surface area contributed by atoms with Crippen LogP contribution in [0.1, 0.15) is 22.5 Å². The van der Waals surface area contributed by atoms with Crippen molar-refractivity contribution >= 4 is 23.5 Å². The van der Waals surface area contributed by atoms with Crippen LogP contribution >= 0.6 is 11.3 Å². The van der Waals surface area contributed by atoms with E-state index < -0.39 is 0 Å². The zero-order valence-corrected chi connectivity index (χ0v) is 14.0. The summed E-state index contributed by atoms with van der Waals surface area (Å²) in [6.07, 6.45) is 3.95. The molecule has 0 saturated heterocycles. The van der Waals surface area contributed by atoms with E-state index in [0.29, 0.717) is 5.75 Å². The van der Waals surface area contributed by atoms with Gasteiger partial charge in [-0.1, -0.05) is 4.68 Å². The smallest absolute Gasteiger partial charge is 0.289 e. The summed E-state index contributed by atoms with van der Waals surface area (Å²) in [4.78, 5) is 0. The van der Waals surface area contributed by atoms with E-state index in [4.69, 9.17) is 4.74 Å². The first-order chi connectivity index (χ1) is 9.12. The van der Waals surface area contributed by atoms with E-state index in [1.807, 2.05) is 29.8 Å². The van der Waals surface area contributed by atoms with Gasteiger partial charge in [-0.2, -0.15) is 0 Å². The van der Waals surface area contributed by atoms with Crippen molar-refractivity contribution in [2.45, 2.75) is 20.4 Å². The van der Waals surface area contributed by atoms with Crippen LogP contribution in [-0.4, -0.2) is 17.3 Å². The van der Waals surface area contributed by atoms with Crippen molar-refractivity contribution in [3.8, 4) is 11.5 Å². The molecule has 0 atom stereocenters. The SMILES string of the molecule is CC[n+]1nc(C)sc1C=Cc1cc(O)cc(OC)c1.[Br-]. The van der Waals surface area contributed by atoms with Gasteiger partial charge in [0.15, 0.2) is 11.6 Å². The maximum atomic E-state index is 9.60.